The Morgan fingerprint density at radius 2 is 1.81 bits per heavy atom. The van der Waals surface area contributed by atoms with Crippen LogP contribution in [0.5, 0.6) is 5.75 Å². The maximum atomic E-state index is 12.0. The first kappa shape index (κ1) is 18.5. The number of anilines is 1. The summed E-state index contributed by atoms with van der Waals surface area (Å²) in [5.74, 6) is 0.231. The van der Waals surface area contributed by atoms with Crippen molar-refractivity contribution < 1.29 is 14.3 Å². The summed E-state index contributed by atoms with van der Waals surface area (Å²) in [6, 6.07) is 14.7. The zero-order valence-corrected chi connectivity index (χ0v) is 16.8. The lowest BCUT2D eigenvalue weighted by molar-refractivity contribution is -0.118. The van der Waals surface area contributed by atoms with Gasteiger partial charge in [0.1, 0.15) is 5.75 Å². The van der Waals surface area contributed by atoms with E-state index in [-0.39, 0.29) is 18.3 Å². The van der Waals surface area contributed by atoms with Gasteiger partial charge in [0.05, 0.1) is 5.69 Å². The Hall–Kier alpha value is -2.26. The molecule has 1 N–H and O–H groups in total. The summed E-state index contributed by atoms with van der Waals surface area (Å²) < 4.78 is 6.59. The van der Waals surface area contributed by atoms with Crippen molar-refractivity contribution in [2.75, 3.05) is 11.9 Å². The van der Waals surface area contributed by atoms with Crippen molar-refractivity contribution in [2.24, 2.45) is 0 Å². The molecular weight excluding hydrogens is 463 g/mol. The standard InChI is InChI=1S/C19H15IN2O3S/c1-12(23)13-4-8-16(9-5-13)25-10-18(24)22-19-21-17(11-26-19)14-2-6-15(20)7-3-14/h2-9,11H,10H2,1H3,(H,21,22,24). The van der Waals surface area contributed by atoms with E-state index in [1.807, 2.05) is 29.6 Å². The van der Waals surface area contributed by atoms with Crippen molar-refractivity contribution in [1.82, 2.24) is 4.98 Å². The van der Waals surface area contributed by atoms with Gasteiger partial charge in [-0.05, 0) is 65.9 Å². The molecule has 26 heavy (non-hydrogen) atoms. The van der Waals surface area contributed by atoms with Gasteiger partial charge in [0, 0.05) is 20.1 Å². The first-order valence-corrected chi connectivity index (χ1v) is 9.72. The number of rotatable bonds is 6. The van der Waals surface area contributed by atoms with Crippen LogP contribution < -0.4 is 10.1 Å². The molecule has 1 amide bonds. The fraction of sp³-hybridized carbons (Fsp3) is 0.105. The van der Waals surface area contributed by atoms with E-state index in [9.17, 15) is 9.59 Å². The number of benzene rings is 2. The van der Waals surface area contributed by atoms with Crippen molar-refractivity contribution in [3.8, 4) is 17.0 Å². The molecule has 5 nitrogen and oxygen atoms in total. The predicted molar refractivity (Wildman–Crippen MR) is 111 cm³/mol. The third-order valence-corrected chi connectivity index (χ3v) is 5.00. The van der Waals surface area contributed by atoms with Crippen LogP contribution in [0.4, 0.5) is 5.13 Å². The van der Waals surface area contributed by atoms with Crippen LogP contribution >= 0.6 is 33.9 Å². The fourth-order valence-corrected chi connectivity index (χ4v) is 3.27. The van der Waals surface area contributed by atoms with E-state index in [1.165, 1.54) is 18.3 Å². The minimum absolute atomic E-state index is 0.0120. The van der Waals surface area contributed by atoms with Crippen molar-refractivity contribution in [3.63, 3.8) is 0 Å². The third kappa shape index (κ3) is 4.89. The number of Topliss-reactive ketones (excluding diaryl/α,β-unsaturated/α-hetero) is 1. The number of aromatic nitrogens is 1. The monoisotopic (exact) mass is 478 g/mol. The second-order valence-electron chi connectivity index (χ2n) is 5.46. The molecule has 0 unspecified atom stereocenters. The van der Waals surface area contributed by atoms with E-state index in [2.05, 4.69) is 32.9 Å². The topological polar surface area (TPSA) is 68.3 Å². The number of ketones is 1. The molecule has 1 aromatic heterocycles. The molecule has 0 radical (unpaired) electrons. The highest BCUT2D eigenvalue weighted by molar-refractivity contribution is 14.1. The zero-order valence-electron chi connectivity index (χ0n) is 13.9. The summed E-state index contributed by atoms with van der Waals surface area (Å²) in [4.78, 5) is 27.7. The van der Waals surface area contributed by atoms with Gasteiger partial charge < -0.3 is 4.74 Å². The van der Waals surface area contributed by atoms with E-state index in [0.29, 0.717) is 16.4 Å². The Kier molecular flexibility index (Phi) is 6.00. The number of hydrogen-bond acceptors (Lipinski definition) is 5. The van der Waals surface area contributed by atoms with Crippen molar-refractivity contribution in [3.05, 3.63) is 63.0 Å². The van der Waals surface area contributed by atoms with Crippen LogP contribution in [0, 0.1) is 3.57 Å². The molecule has 0 fully saturated rings. The number of hydrogen-bond donors (Lipinski definition) is 1. The van der Waals surface area contributed by atoms with Crippen LogP contribution in [0.25, 0.3) is 11.3 Å². The Balaban J connectivity index is 1.55. The van der Waals surface area contributed by atoms with Crippen LogP contribution in [-0.2, 0) is 4.79 Å². The molecule has 132 valence electrons. The molecule has 0 aliphatic rings. The number of nitrogens with zero attached hydrogens (tertiary/aromatic N) is 1. The van der Waals surface area contributed by atoms with E-state index < -0.39 is 0 Å². The van der Waals surface area contributed by atoms with Crippen molar-refractivity contribution in [1.29, 1.82) is 0 Å². The molecule has 0 saturated heterocycles. The molecule has 0 bridgehead atoms. The minimum Gasteiger partial charge on any atom is -0.484 e. The van der Waals surface area contributed by atoms with Gasteiger partial charge in [0.25, 0.3) is 5.91 Å². The van der Waals surface area contributed by atoms with E-state index >= 15 is 0 Å². The van der Waals surface area contributed by atoms with Crippen LogP contribution in [0.3, 0.4) is 0 Å². The molecular formula is C19H15IN2O3S. The maximum absolute atomic E-state index is 12.0. The van der Waals surface area contributed by atoms with Crippen LogP contribution in [-0.4, -0.2) is 23.3 Å². The Labute approximate surface area is 168 Å². The van der Waals surface area contributed by atoms with Crippen LogP contribution in [0.1, 0.15) is 17.3 Å². The SMILES string of the molecule is CC(=O)c1ccc(OCC(=O)Nc2nc(-c3ccc(I)cc3)cs2)cc1. The molecule has 0 aliphatic heterocycles. The average molecular weight is 478 g/mol. The lowest BCUT2D eigenvalue weighted by Crippen LogP contribution is -2.20. The summed E-state index contributed by atoms with van der Waals surface area (Å²) in [6.45, 7) is 1.37. The molecule has 2 aromatic carbocycles. The van der Waals surface area contributed by atoms with Crippen molar-refractivity contribution in [2.45, 2.75) is 6.92 Å². The number of carbonyl (C=O) groups is 2. The number of thiazole rings is 1. The highest BCUT2D eigenvalue weighted by Crippen LogP contribution is 2.25. The minimum atomic E-state index is -0.288. The largest absolute Gasteiger partial charge is 0.484 e. The highest BCUT2D eigenvalue weighted by Gasteiger charge is 2.09. The molecule has 0 saturated carbocycles. The van der Waals surface area contributed by atoms with Gasteiger partial charge in [-0.15, -0.1) is 11.3 Å². The first-order valence-electron chi connectivity index (χ1n) is 7.76. The zero-order chi connectivity index (χ0) is 18.5. The van der Waals surface area contributed by atoms with Gasteiger partial charge in [-0.1, -0.05) is 12.1 Å². The van der Waals surface area contributed by atoms with Crippen LogP contribution in [0.15, 0.2) is 53.9 Å². The lowest BCUT2D eigenvalue weighted by Gasteiger charge is -2.06. The fourth-order valence-electron chi connectivity index (χ4n) is 2.17. The average Bonchev–Trinajstić information content (AvgIpc) is 3.09. The van der Waals surface area contributed by atoms with E-state index in [1.54, 1.807) is 24.3 Å². The number of nitrogens with one attached hydrogen (secondary N) is 1. The molecule has 0 spiro atoms. The van der Waals surface area contributed by atoms with Crippen molar-refractivity contribution >= 4 is 50.7 Å². The van der Waals surface area contributed by atoms with Crippen LogP contribution in [0.2, 0.25) is 0 Å². The maximum Gasteiger partial charge on any atom is 0.264 e. The number of carbonyl (C=O) groups excluding carboxylic acids is 2. The summed E-state index contributed by atoms with van der Waals surface area (Å²) in [5.41, 5.74) is 2.43. The number of amides is 1. The molecule has 1 heterocycles. The summed E-state index contributed by atoms with van der Waals surface area (Å²) in [5, 5.41) is 5.16. The molecule has 7 heteroatoms. The van der Waals surface area contributed by atoms with Gasteiger partial charge in [-0.2, -0.15) is 0 Å². The summed E-state index contributed by atoms with van der Waals surface area (Å²) in [7, 11) is 0. The van der Waals surface area contributed by atoms with Gasteiger partial charge >= 0.3 is 0 Å². The Bertz CT molecular complexity index is 921. The van der Waals surface area contributed by atoms with E-state index in [0.717, 1.165) is 14.8 Å². The number of halogens is 1. The van der Waals surface area contributed by atoms with Gasteiger partial charge in [-0.3, -0.25) is 14.9 Å². The molecule has 3 aromatic rings. The molecule has 3 rings (SSSR count). The second kappa shape index (κ2) is 8.41. The van der Waals surface area contributed by atoms with Gasteiger partial charge in [0.2, 0.25) is 0 Å². The van der Waals surface area contributed by atoms with E-state index in [4.69, 9.17) is 4.74 Å². The normalized spacial score (nSPS) is 10.4. The Morgan fingerprint density at radius 1 is 1.12 bits per heavy atom. The third-order valence-electron chi connectivity index (χ3n) is 3.52. The highest BCUT2D eigenvalue weighted by atomic mass is 127. The smallest absolute Gasteiger partial charge is 0.264 e. The van der Waals surface area contributed by atoms with Gasteiger partial charge in [0.15, 0.2) is 17.5 Å². The summed E-state index contributed by atoms with van der Waals surface area (Å²) in [6.07, 6.45) is 0. The Morgan fingerprint density at radius 3 is 2.46 bits per heavy atom. The molecule has 0 atom stereocenters. The lowest BCUT2D eigenvalue weighted by atomic mass is 10.1. The quantitative estimate of drug-likeness (QED) is 0.414. The van der Waals surface area contributed by atoms with Gasteiger partial charge in [-0.25, -0.2) is 4.98 Å². The number of ether oxygens (including phenoxy) is 1. The first-order chi connectivity index (χ1) is 12.5. The summed E-state index contributed by atoms with van der Waals surface area (Å²) >= 11 is 3.62. The molecule has 0 aliphatic carbocycles. The predicted octanol–water partition coefficient (Wildman–Crippen LogP) is 4.63. The second-order valence-corrected chi connectivity index (χ2v) is 7.57.